The summed E-state index contributed by atoms with van der Waals surface area (Å²) in [5, 5.41) is 0. The lowest BCUT2D eigenvalue weighted by Crippen LogP contribution is -2.50. The normalized spacial score (nSPS) is 12.0. The highest BCUT2D eigenvalue weighted by atomic mass is 15.5. The summed E-state index contributed by atoms with van der Waals surface area (Å²) < 4.78 is 0. The first-order chi connectivity index (χ1) is 21.1. The van der Waals surface area contributed by atoms with Crippen LogP contribution in [0.25, 0.3) is 0 Å². The van der Waals surface area contributed by atoms with Crippen molar-refractivity contribution in [3.63, 3.8) is 0 Å². The quantitative estimate of drug-likeness (QED) is 0.206. The third-order valence-electron chi connectivity index (χ3n) is 5.07. The van der Waals surface area contributed by atoms with E-state index in [1.807, 2.05) is 26.0 Å². The zero-order valence-electron chi connectivity index (χ0n) is 36.9. The fourth-order valence-electron chi connectivity index (χ4n) is 4.90. The Labute approximate surface area is 298 Å². The van der Waals surface area contributed by atoms with Gasteiger partial charge in [-0.25, -0.2) is 0 Å². The lowest BCUT2D eigenvalue weighted by atomic mass is 10.2. The van der Waals surface area contributed by atoms with E-state index in [2.05, 4.69) is 214 Å². The third kappa shape index (κ3) is 55.2. The smallest absolute Gasteiger partial charge is 0.118 e. The van der Waals surface area contributed by atoms with E-state index in [0.29, 0.717) is 6.29 Å². The van der Waals surface area contributed by atoms with Gasteiger partial charge in [0.1, 0.15) is 6.29 Å². The molecule has 0 aromatic carbocycles. The first-order valence-electron chi connectivity index (χ1n) is 16.7. The van der Waals surface area contributed by atoms with Crippen LogP contribution >= 0.6 is 0 Å². The van der Waals surface area contributed by atoms with Crippen molar-refractivity contribution in [2.45, 2.75) is 20.1 Å². The molecule has 0 aliphatic rings. The van der Waals surface area contributed by atoms with Gasteiger partial charge in [0.2, 0.25) is 0 Å². The van der Waals surface area contributed by atoms with Gasteiger partial charge in [-0.1, -0.05) is 13.8 Å². The molecular weight excluding hydrogens is 590 g/mol. The van der Waals surface area contributed by atoms with E-state index in [0.717, 1.165) is 52.5 Å². The van der Waals surface area contributed by atoms with Gasteiger partial charge in [0.25, 0.3) is 0 Å². The van der Waals surface area contributed by atoms with E-state index in [4.69, 9.17) is 0 Å². The molecule has 0 aromatic heterocycles. The predicted octanol–water partition coefficient (Wildman–Crippen LogP) is 1.03. The Morgan fingerprint density at radius 1 is 0.319 bits per heavy atom. The van der Waals surface area contributed by atoms with E-state index >= 15 is 0 Å². The molecule has 13 heteroatoms. The number of rotatable bonds is 17. The summed E-state index contributed by atoms with van der Waals surface area (Å²) in [6, 6.07) is 0. The van der Waals surface area contributed by atoms with Gasteiger partial charge in [-0.15, -0.1) is 0 Å². The molecule has 0 radical (unpaired) electrons. The Kier molecular flexibility index (Phi) is 40.4. The summed E-state index contributed by atoms with van der Waals surface area (Å²) in [4.78, 5) is 28.5. The van der Waals surface area contributed by atoms with Gasteiger partial charge in [-0.05, 0) is 168 Å². The first-order valence-corrected chi connectivity index (χ1v) is 16.7. The average molecular weight is 682 g/mol. The Bertz CT molecular complexity index is 545. The lowest BCUT2D eigenvalue weighted by molar-refractivity contribution is 0.00961. The second-order valence-electron chi connectivity index (χ2n) is 15.9. The molecule has 0 atom stereocenters. The number of nitrogens with zero attached hydrogens (tertiary/aromatic N) is 13. The van der Waals surface area contributed by atoms with Gasteiger partial charge < -0.3 is 4.90 Å². The standard InChI is InChI=1S/C10H25N3.C9H24N4.C7H19N3.C5H14N2.C3H9N/c1-10(2)7-13(8-11(3)4)9-12(5)6;1-10(2)7-12(5)9-13(6)8-11(3)4;1-8(2)7(9(3)4)10(5)6;1-6(2)5-7(3)4;1-4(2)3/h10H,7-9H2,1-6H3;7-9H2,1-6H3;7H,1-6H3;5H2,1-4H3;1-3H3. The molecule has 0 aliphatic heterocycles. The maximum absolute atomic E-state index is 2.45. The van der Waals surface area contributed by atoms with Crippen molar-refractivity contribution in [1.29, 1.82) is 0 Å². The fraction of sp³-hybridized carbons (Fsp3) is 1.00. The third-order valence-corrected chi connectivity index (χ3v) is 5.07. The highest BCUT2D eigenvalue weighted by Gasteiger charge is 2.14. The van der Waals surface area contributed by atoms with Crippen LogP contribution in [0.5, 0.6) is 0 Å². The van der Waals surface area contributed by atoms with Crippen LogP contribution in [0, 0.1) is 5.92 Å². The molecular formula is C34H91N13. The van der Waals surface area contributed by atoms with E-state index in [1.54, 1.807) is 0 Å². The molecule has 0 N–H and O–H groups in total. The van der Waals surface area contributed by atoms with E-state index in [9.17, 15) is 0 Å². The van der Waals surface area contributed by atoms with E-state index in [-0.39, 0.29) is 0 Å². The molecule has 0 heterocycles. The molecule has 0 aliphatic carbocycles. The van der Waals surface area contributed by atoms with Crippen LogP contribution in [0.15, 0.2) is 0 Å². The summed E-state index contributed by atoms with van der Waals surface area (Å²) >= 11 is 0. The molecule has 0 unspecified atom stereocenters. The molecule has 0 amide bonds. The van der Waals surface area contributed by atoms with Crippen LogP contribution in [0.3, 0.4) is 0 Å². The largest absolute Gasteiger partial charge is 0.312 e. The lowest BCUT2D eigenvalue weighted by Gasteiger charge is -2.35. The zero-order valence-corrected chi connectivity index (χ0v) is 36.9. The van der Waals surface area contributed by atoms with E-state index in [1.165, 1.54) is 0 Å². The maximum Gasteiger partial charge on any atom is 0.118 e. The second-order valence-corrected chi connectivity index (χ2v) is 15.9. The van der Waals surface area contributed by atoms with Crippen molar-refractivity contribution in [3.8, 4) is 0 Å². The van der Waals surface area contributed by atoms with Gasteiger partial charge in [0, 0.05) is 13.2 Å². The van der Waals surface area contributed by atoms with Gasteiger partial charge in [0.15, 0.2) is 0 Å². The first kappa shape index (κ1) is 55.9. The van der Waals surface area contributed by atoms with E-state index < -0.39 is 0 Å². The molecule has 292 valence electrons. The molecule has 0 bridgehead atoms. The molecule has 0 aromatic rings. The Morgan fingerprint density at radius 3 is 0.681 bits per heavy atom. The van der Waals surface area contributed by atoms with Gasteiger partial charge in [-0.2, -0.15) is 0 Å². The highest BCUT2D eigenvalue weighted by molar-refractivity contribution is 4.59. The van der Waals surface area contributed by atoms with Crippen LogP contribution in [0.1, 0.15) is 13.8 Å². The van der Waals surface area contributed by atoms with Crippen molar-refractivity contribution in [3.05, 3.63) is 0 Å². The summed E-state index contributed by atoms with van der Waals surface area (Å²) in [5.74, 6) is 0.736. The Balaban J connectivity index is -0.000000164. The van der Waals surface area contributed by atoms with Crippen molar-refractivity contribution >= 4 is 0 Å². The molecule has 0 saturated carbocycles. The van der Waals surface area contributed by atoms with Crippen LogP contribution in [0.2, 0.25) is 0 Å². The SMILES string of the molecule is CC(C)CN(CN(C)C)CN(C)C.CN(C)C.CN(C)C(N(C)C)N(C)C.CN(C)CN(C)C.CN(C)CN(C)CN(C)CN(C)C. The van der Waals surface area contributed by atoms with Gasteiger partial charge in [0.05, 0.1) is 33.3 Å². The Hall–Kier alpha value is -0.520. The van der Waals surface area contributed by atoms with Crippen LogP contribution in [-0.2, 0) is 0 Å². The average Bonchev–Trinajstić information content (AvgIpc) is 2.75. The minimum atomic E-state index is 0.389. The summed E-state index contributed by atoms with van der Waals surface area (Å²) in [5.41, 5.74) is 0. The van der Waals surface area contributed by atoms with Crippen LogP contribution in [0.4, 0.5) is 0 Å². The van der Waals surface area contributed by atoms with Crippen molar-refractivity contribution in [2.75, 3.05) is 209 Å². The van der Waals surface area contributed by atoms with Gasteiger partial charge >= 0.3 is 0 Å². The number of hydrogen-bond acceptors (Lipinski definition) is 13. The maximum atomic E-state index is 2.45. The molecule has 13 nitrogen and oxygen atoms in total. The number of hydrogen-bond donors (Lipinski definition) is 0. The minimum Gasteiger partial charge on any atom is -0.312 e. The van der Waals surface area contributed by atoms with Crippen LogP contribution < -0.4 is 0 Å². The molecule has 47 heavy (non-hydrogen) atoms. The highest BCUT2D eigenvalue weighted by Crippen LogP contribution is 2.00. The predicted molar refractivity (Wildman–Crippen MR) is 213 cm³/mol. The molecule has 0 fully saturated rings. The minimum absolute atomic E-state index is 0.389. The molecule has 0 spiro atoms. The summed E-state index contributed by atoms with van der Waals surface area (Å²) in [7, 11) is 47.7. The molecule has 0 saturated heterocycles. The van der Waals surface area contributed by atoms with Gasteiger partial charge in [-0.3, -0.25) is 58.8 Å². The Morgan fingerprint density at radius 2 is 0.553 bits per heavy atom. The van der Waals surface area contributed by atoms with Crippen LogP contribution in [-0.4, -0.2) is 279 Å². The topological polar surface area (TPSA) is 42.1 Å². The van der Waals surface area contributed by atoms with Crippen molar-refractivity contribution in [2.24, 2.45) is 5.92 Å². The summed E-state index contributed by atoms with van der Waals surface area (Å²) in [6.07, 6.45) is 0.389. The fourth-order valence-corrected chi connectivity index (χ4v) is 4.90. The van der Waals surface area contributed by atoms with Crippen molar-refractivity contribution in [1.82, 2.24) is 63.7 Å². The van der Waals surface area contributed by atoms with Crippen molar-refractivity contribution < 1.29 is 0 Å². The summed E-state index contributed by atoms with van der Waals surface area (Å²) in [6.45, 7) is 11.8. The molecule has 0 rings (SSSR count). The zero-order chi connectivity index (χ0) is 38.6. The monoisotopic (exact) mass is 682 g/mol. The second kappa shape index (κ2) is 34.0.